The zero-order valence-electron chi connectivity index (χ0n) is 10.3. The Bertz CT molecular complexity index is 439. The van der Waals surface area contributed by atoms with E-state index in [9.17, 15) is 0 Å². The van der Waals surface area contributed by atoms with Crippen LogP contribution in [0, 0.1) is 5.92 Å². The SMILES string of the molecule is CCN(C[C@H]1C=C(N)NC1)c1cc(Cl)cc(Cl)c1. The van der Waals surface area contributed by atoms with Gasteiger partial charge in [0.05, 0.1) is 5.82 Å². The highest BCUT2D eigenvalue weighted by Crippen LogP contribution is 2.26. The summed E-state index contributed by atoms with van der Waals surface area (Å²) >= 11 is 12.1. The van der Waals surface area contributed by atoms with Gasteiger partial charge in [0.25, 0.3) is 0 Å². The van der Waals surface area contributed by atoms with Crippen LogP contribution in [0.4, 0.5) is 5.69 Å². The molecule has 0 spiro atoms. The first-order valence-corrected chi connectivity index (χ1v) is 6.76. The summed E-state index contributed by atoms with van der Waals surface area (Å²) in [6.07, 6.45) is 2.06. The zero-order valence-corrected chi connectivity index (χ0v) is 11.8. The van der Waals surface area contributed by atoms with Gasteiger partial charge >= 0.3 is 0 Å². The van der Waals surface area contributed by atoms with Crippen molar-refractivity contribution in [1.29, 1.82) is 0 Å². The maximum atomic E-state index is 6.04. The van der Waals surface area contributed by atoms with Crippen molar-refractivity contribution in [3.8, 4) is 0 Å². The van der Waals surface area contributed by atoms with E-state index in [1.807, 2.05) is 12.1 Å². The molecule has 98 valence electrons. The van der Waals surface area contributed by atoms with E-state index in [0.29, 0.717) is 16.0 Å². The van der Waals surface area contributed by atoms with Gasteiger partial charge in [-0.25, -0.2) is 0 Å². The normalized spacial score (nSPS) is 18.4. The highest BCUT2D eigenvalue weighted by Gasteiger charge is 2.17. The Labute approximate surface area is 118 Å². The predicted molar refractivity (Wildman–Crippen MR) is 78.1 cm³/mol. The molecule has 3 N–H and O–H groups in total. The molecule has 0 aromatic heterocycles. The minimum atomic E-state index is 0.419. The van der Waals surface area contributed by atoms with Gasteiger partial charge in [-0.2, -0.15) is 0 Å². The third kappa shape index (κ3) is 3.24. The van der Waals surface area contributed by atoms with Crippen molar-refractivity contribution in [1.82, 2.24) is 5.32 Å². The first-order chi connectivity index (χ1) is 8.58. The summed E-state index contributed by atoms with van der Waals surface area (Å²) in [6, 6.07) is 5.62. The Kier molecular flexibility index (Phi) is 4.25. The lowest BCUT2D eigenvalue weighted by molar-refractivity contribution is 0.624. The first kappa shape index (κ1) is 13.4. The van der Waals surface area contributed by atoms with Crippen LogP contribution >= 0.6 is 23.2 Å². The van der Waals surface area contributed by atoms with Crippen molar-refractivity contribution < 1.29 is 0 Å². The Hall–Kier alpha value is -1.06. The molecule has 0 fully saturated rings. The number of hydrogen-bond donors (Lipinski definition) is 2. The summed E-state index contributed by atoms with van der Waals surface area (Å²) in [5, 5.41) is 4.46. The number of hydrogen-bond acceptors (Lipinski definition) is 3. The lowest BCUT2D eigenvalue weighted by Crippen LogP contribution is -2.30. The van der Waals surface area contributed by atoms with Gasteiger partial charge in [0, 0.05) is 41.3 Å². The van der Waals surface area contributed by atoms with Gasteiger partial charge in [-0.15, -0.1) is 0 Å². The van der Waals surface area contributed by atoms with Gasteiger partial charge in [-0.3, -0.25) is 0 Å². The van der Waals surface area contributed by atoms with E-state index in [4.69, 9.17) is 28.9 Å². The molecule has 1 aliphatic rings. The van der Waals surface area contributed by atoms with Crippen LogP contribution in [-0.2, 0) is 0 Å². The molecule has 0 amide bonds. The second kappa shape index (κ2) is 5.72. The molecule has 3 nitrogen and oxygen atoms in total. The van der Waals surface area contributed by atoms with Crippen molar-refractivity contribution in [3.63, 3.8) is 0 Å². The van der Waals surface area contributed by atoms with Gasteiger partial charge in [-0.05, 0) is 31.2 Å². The van der Waals surface area contributed by atoms with E-state index in [0.717, 1.165) is 31.1 Å². The fraction of sp³-hybridized carbons (Fsp3) is 0.385. The zero-order chi connectivity index (χ0) is 13.1. The standard InChI is InChI=1S/C13H17Cl2N3/c1-2-18(8-9-3-13(16)17-7-9)12-5-10(14)4-11(15)6-12/h3-6,9,17H,2,7-8,16H2,1H3/t9-/m0/s1. The summed E-state index contributed by atoms with van der Waals surface area (Å²) in [4.78, 5) is 2.25. The van der Waals surface area contributed by atoms with Gasteiger partial charge in [-0.1, -0.05) is 23.2 Å². The molecule has 18 heavy (non-hydrogen) atoms. The molecule has 0 bridgehead atoms. The molecule has 1 heterocycles. The van der Waals surface area contributed by atoms with E-state index in [1.165, 1.54) is 0 Å². The van der Waals surface area contributed by atoms with E-state index < -0.39 is 0 Å². The Morgan fingerprint density at radius 2 is 2.00 bits per heavy atom. The minimum absolute atomic E-state index is 0.419. The maximum Gasteiger partial charge on any atom is 0.0923 e. The average molecular weight is 286 g/mol. The number of benzene rings is 1. The molecule has 0 saturated carbocycles. The van der Waals surface area contributed by atoms with E-state index in [-0.39, 0.29) is 0 Å². The largest absolute Gasteiger partial charge is 0.386 e. The third-order valence-corrected chi connectivity index (χ3v) is 3.47. The van der Waals surface area contributed by atoms with Crippen molar-refractivity contribution >= 4 is 28.9 Å². The Balaban J connectivity index is 2.12. The molecular weight excluding hydrogens is 269 g/mol. The summed E-state index contributed by atoms with van der Waals surface area (Å²) in [7, 11) is 0. The predicted octanol–water partition coefficient (Wildman–Crippen LogP) is 2.84. The molecule has 0 saturated heterocycles. The molecule has 0 unspecified atom stereocenters. The van der Waals surface area contributed by atoms with Crippen molar-refractivity contribution in [2.45, 2.75) is 6.92 Å². The number of halogens is 2. The molecule has 5 heteroatoms. The van der Waals surface area contributed by atoms with Crippen LogP contribution in [0.25, 0.3) is 0 Å². The van der Waals surface area contributed by atoms with Gasteiger partial charge in [0.15, 0.2) is 0 Å². The van der Waals surface area contributed by atoms with Crippen LogP contribution in [0.2, 0.25) is 10.0 Å². The monoisotopic (exact) mass is 285 g/mol. The van der Waals surface area contributed by atoms with Crippen LogP contribution in [0.3, 0.4) is 0 Å². The topological polar surface area (TPSA) is 41.3 Å². The number of anilines is 1. The minimum Gasteiger partial charge on any atom is -0.386 e. The smallest absolute Gasteiger partial charge is 0.0923 e. The summed E-state index contributed by atoms with van der Waals surface area (Å²) in [6.45, 7) is 4.81. The van der Waals surface area contributed by atoms with E-state index in [1.54, 1.807) is 6.07 Å². The van der Waals surface area contributed by atoms with Crippen LogP contribution < -0.4 is 16.0 Å². The summed E-state index contributed by atoms with van der Waals surface area (Å²) in [5.74, 6) is 1.18. The lowest BCUT2D eigenvalue weighted by atomic mass is 10.1. The Morgan fingerprint density at radius 3 is 2.50 bits per heavy atom. The van der Waals surface area contributed by atoms with Crippen LogP contribution in [0.5, 0.6) is 0 Å². The van der Waals surface area contributed by atoms with Crippen molar-refractivity contribution in [2.24, 2.45) is 11.7 Å². The highest BCUT2D eigenvalue weighted by atomic mass is 35.5. The van der Waals surface area contributed by atoms with Crippen LogP contribution in [0.1, 0.15) is 6.92 Å². The maximum absolute atomic E-state index is 6.04. The van der Waals surface area contributed by atoms with Crippen LogP contribution in [-0.4, -0.2) is 19.6 Å². The van der Waals surface area contributed by atoms with Crippen LogP contribution in [0.15, 0.2) is 30.1 Å². The second-order valence-electron chi connectivity index (χ2n) is 4.43. The Morgan fingerprint density at radius 1 is 1.33 bits per heavy atom. The highest BCUT2D eigenvalue weighted by molar-refractivity contribution is 6.35. The quantitative estimate of drug-likeness (QED) is 0.894. The van der Waals surface area contributed by atoms with E-state index >= 15 is 0 Å². The van der Waals surface area contributed by atoms with Gasteiger partial charge < -0.3 is 16.0 Å². The molecule has 2 rings (SSSR count). The second-order valence-corrected chi connectivity index (χ2v) is 5.30. The van der Waals surface area contributed by atoms with Crippen molar-refractivity contribution in [3.05, 3.63) is 40.1 Å². The summed E-state index contributed by atoms with van der Waals surface area (Å²) in [5.41, 5.74) is 6.77. The number of nitrogens with zero attached hydrogens (tertiary/aromatic N) is 1. The fourth-order valence-electron chi connectivity index (χ4n) is 2.16. The fourth-order valence-corrected chi connectivity index (χ4v) is 2.67. The van der Waals surface area contributed by atoms with Gasteiger partial charge in [0.1, 0.15) is 0 Å². The molecular formula is C13H17Cl2N3. The average Bonchev–Trinajstić information content (AvgIpc) is 2.70. The van der Waals surface area contributed by atoms with Gasteiger partial charge in [0.2, 0.25) is 0 Å². The number of nitrogens with one attached hydrogen (secondary N) is 1. The molecule has 0 aliphatic carbocycles. The number of nitrogens with two attached hydrogens (primary N) is 1. The molecule has 1 atom stereocenters. The first-order valence-electron chi connectivity index (χ1n) is 6.00. The van der Waals surface area contributed by atoms with Crippen molar-refractivity contribution in [2.75, 3.05) is 24.5 Å². The molecule has 1 aromatic rings. The lowest BCUT2D eigenvalue weighted by Gasteiger charge is -2.26. The molecule has 1 aromatic carbocycles. The van der Waals surface area contributed by atoms with E-state index in [2.05, 4.69) is 23.2 Å². The number of rotatable bonds is 4. The third-order valence-electron chi connectivity index (χ3n) is 3.03. The summed E-state index contributed by atoms with van der Waals surface area (Å²) < 4.78 is 0. The molecule has 0 radical (unpaired) electrons. The molecule has 1 aliphatic heterocycles.